The molecule has 58 heavy (non-hydrogen) atoms. The van der Waals surface area contributed by atoms with Gasteiger partial charge in [-0.3, -0.25) is 0 Å². The van der Waals surface area contributed by atoms with Gasteiger partial charge < -0.3 is 9.80 Å². The van der Waals surface area contributed by atoms with Crippen LogP contribution < -0.4 is 9.80 Å². The first-order chi connectivity index (χ1) is 28.5. The maximum Gasteiger partial charge on any atom is 0.0781 e. The number of thiophene rings is 1. The van der Waals surface area contributed by atoms with Gasteiger partial charge in [0, 0.05) is 42.3 Å². The second-order valence-corrected chi connectivity index (χ2v) is 16.8. The van der Waals surface area contributed by atoms with Gasteiger partial charge in [0.15, 0.2) is 0 Å². The van der Waals surface area contributed by atoms with E-state index < -0.39 is 0 Å². The van der Waals surface area contributed by atoms with Gasteiger partial charge in [-0.2, -0.15) is 0 Å². The molecule has 0 bridgehead atoms. The molecule has 0 atom stereocenters. The number of nitrogens with zero attached hydrogens (tertiary/aromatic N) is 2. The average molecular weight is 761 g/mol. The molecule has 11 rings (SSSR count). The van der Waals surface area contributed by atoms with Crippen molar-refractivity contribution in [2.24, 2.45) is 0 Å². The highest BCUT2D eigenvalue weighted by Crippen LogP contribution is 2.57. The number of fused-ring (bicyclic) bond motifs is 6. The maximum atomic E-state index is 2.55. The normalized spacial score (nSPS) is 13.1. The molecule has 0 radical (unpaired) electrons. The van der Waals surface area contributed by atoms with E-state index >= 15 is 0 Å². The van der Waals surface area contributed by atoms with Gasteiger partial charge >= 0.3 is 0 Å². The Morgan fingerprint density at radius 2 is 1.07 bits per heavy atom. The Kier molecular flexibility index (Phi) is 8.06. The molecule has 2 heterocycles. The summed E-state index contributed by atoms with van der Waals surface area (Å²) in [4.78, 5) is 4.97. The Morgan fingerprint density at radius 1 is 0.448 bits per heavy atom. The van der Waals surface area contributed by atoms with Gasteiger partial charge in [-0.15, -0.1) is 11.3 Å². The van der Waals surface area contributed by atoms with Gasteiger partial charge in [-0.05, 0) is 93.4 Å². The van der Waals surface area contributed by atoms with Crippen molar-refractivity contribution in [3.63, 3.8) is 0 Å². The molecular weight excluding hydrogens is 721 g/mol. The highest BCUT2D eigenvalue weighted by Gasteiger charge is 2.39. The van der Waals surface area contributed by atoms with Crippen LogP contribution in [0.5, 0.6) is 0 Å². The molecule has 0 saturated carbocycles. The van der Waals surface area contributed by atoms with Crippen LogP contribution in [0.4, 0.5) is 34.1 Å². The second kappa shape index (κ2) is 13.6. The minimum atomic E-state index is -0.260. The van der Waals surface area contributed by atoms with Crippen LogP contribution in [0.3, 0.4) is 0 Å². The maximum absolute atomic E-state index is 2.55. The van der Waals surface area contributed by atoms with Crippen LogP contribution in [-0.4, -0.2) is 0 Å². The predicted molar refractivity (Wildman–Crippen MR) is 249 cm³/mol. The van der Waals surface area contributed by atoms with Gasteiger partial charge in [0.05, 0.1) is 22.7 Å². The minimum Gasteiger partial charge on any atom is -0.308 e. The molecule has 3 heteroatoms. The molecule has 0 saturated heterocycles. The topological polar surface area (TPSA) is 6.48 Å². The predicted octanol–water partition coefficient (Wildman–Crippen LogP) is 16.1. The zero-order valence-corrected chi connectivity index (χ0v) is 33.2. The smallest absolute Gasteiger partial charge is 0.0781 e. The van der Waals surface area contributed by atoms with E-state index in [0.29, 0.717) is 0 Å². The lowest BCUT2D eigenvalue weighted by Gasteiger charge is -2.44. The van der Waals surface area contributed by atoms with E-state index in [-0.39, 0.29) is 5.41 Å². The molecule has 0 unspecified atom stereocenters. The number of benzene rings is 9. The van der Waals surface area contributed by atoms with Crippen LogP contribution in [0.25, 0.3) is 53.2 Å². The number of rotatable bonds is 6. The largest absolute Gasteiger partial charge is 0.308 e. The summed E-state index contributed by atoms with van der Waals surface area (Å²) in [5.74, 6) is 0. The zero-order chi connectivity index (χ0) is 38.8. The third kappa shape index (κ3) is 5.46. The van der Waals surface area contributed by atoms with Crippen molar-refractivity contribution >= 4 is 76.4 Å². The highest BCUT2D eigenvalue weighted by molar-refractivity contribution is 7.26. The van der Waals surface area contributed by atoms with Crippen molar-refractivity contribution in [2.75, 3.05) is 9.80 Å². The molecule has 9 aromatic carbocycles. The first-order valence-corrected chi connectivity index (χ1v) is 20.8. The summed E-state index contributed by atoms with van der Waals surface area (Å²) in [6.07, 6.45) is 0. The first kappa shape index (κ1) is 34.3. The monoisotopic (exact) mass is 760 g/mol. The molecular formula is C55H40N2S. The van der Waals surface area contributed by atoms with Gasteiger partial charge in [-0.25, -0.2) is 0 Å². The summed E-state index contributed by atoms with van der Waals surface area (Å²) in [6, 6.07) is 75.6. The lowest BCUT2D eigenvalue weighted by Crippen LogP contribution is -2.31. The molecule has 0 fully saturated rings. The van der Waals surface area contributed by atoms with Crippen LogP contribution >= 0.6 is 11.3 Å². The molecule has 10 aromatic rings. The molecule has 1 aliphatic heterocycles. The van der Waals surface area contributed by atoms with E-state index in [9.17, 15) is 0 Å². The molecule has 0 spiro atoms. The number of hydrogen-bond acceptors (Lipinski definition) is 3. The summed E-state index contributed by atoms with van der Waals surface area (Å²) in [5, 5.41) is 5.04. The van der Waals surface area contributed by atoms with Crippen molar-refractivity contribution < 1.29 is 0 Å². The quantitative estimate of drug-likeness (QED) is 0.167. The standard InChI is InChI=1S/C55H40N2S/c1-55(2)47-25-12-13-26-49(47)57(50-34-31-40(36-48(50)55)44-23-15-24-46-45-22-11-14-27-52(45)58-54(44)46)53-43-21-10-9-18-39(43)30-35-51(53)56(41-19-7-4-8-20-41)42-32-28-38(29-33-42)37-16-5-3-6-17-37/h3-36H,1-2H3. The van der Waals surface area contributed by atoms with Crippen molar-refractivity contribution in [2.45, 2.75) is 19.3 Å². The van der Waals surface area contributed by atoms with Gasteiger partial charge in [0.2, 0.25) is 0 Å². The third-order valence-electron chi connectivity index (χ3n) is 12.0. The van der Waals surface area contributed by atoms with E-state index in [1.165, 1.54) is 75.7 Å². The molecule has 0 N–H and O–H groups in total. The van der Waals surface area contributed by atoms with E-state index in [0.717, 1.165) is 22.7 Å². The number of anilines is 6. The minimum absolute atomic E-state index is 0.260. The van der Waals surface area contributed by atoms with E-state index in [2.05, 4.69) is 230 Å². The fourth-order valence-electron chi connectivity index (χ4n) is 9.18. The number of hydrogen-bond donors (Lipinski definition) is 0. The first-order valence-electron chi connectivity index (χ1n) is 20.0. The van der Waals surface area contributed by atoms with Crippen molar-refractivity contribution in [3.8, 4) is 22.3 Å². The van der Waals surface area contributed by atoms with Crippen molar-refractivity contribution in [1.29, 1.82) is 0 Å². The average Bonchev–Trinajstić information content (AvgIpc) is 3.67. The fourth-order valence-corrected chi connectivity index (χ4v) is 10.4. The Labute approximate surface area is 343 Å². The lowest BCUT2D eigenvalue weighted by atomic mass is 9.72. The van der Waals surface area contributed by atoms with Crippen LogP contribution in [0.1, 0.15) is 25.0 Å². The van der Waals surface area contributed by atoms with Crippen molar-refractivity contribution in [1.82, 2.24) is 0 Å². The third-order valence-corrected chi connectivity index (χ3v) is 13.3. The Balaban J connectivity index is 1.16. The van der Waals surface area contributed by atoms with E-state index in [1.807, 2.05) is 11.3 Å². The Morgan fingerprint density at radius 3 is 1.90 bits per heavy atom. The second-order valence-electron chi connectivity index (χ2n) is 15.7. The fraction of sp³-hybridized carbons (Fsp3) is 0.0545. The number of para-hydroxylation sites is 2. The summed E-state index contributed by atoms with van der Waals surface area (Å²) >= 11 is 1.89. The van der Waals surface area contributed by atoms with Gasteiger partial charge in [0.1, 0.15) is 0 Å². The highest BCUT2D eigenvalue weighted by atomic mass is 32.1. The van der Waals surface area contributed by atoms with Crippen molar-refractivity contribution in [3.05, 3.63) is 217 Å². The van der Waals surface area contributed by atoms with E-state index in [4.69, 9.17) is 0 Å². The zero-order valence-electron chi connectivity index (χ0n) is 32.4. The molecule has 276 valence electrons. The molecule has 0 aliphatic carbocycles. The SMILES string of the molecule is CC1(C)c2ccccc2N(c2c(N(c3ccccc3)c3ccc(-c4ccccc4)cc3)ccc3ccccc23)c2ccc(-c3cccc4c3sc3ccccc34)cc21. The summed E-state index contributed by atoms with van der Waals surface area (Å²) < 4.78 is 2.66. The van der Waals surface area contributed by atoms with Gasteiger partial charge in [-0.1, -0.05) is 166 Å². The van der Waals surface area contributed by atoms with Crippen LogP contribution in [0.2, 0.25) is 0 Å². The van der Waals surface area contributed by atoms with Crippen LogP contribution in [-0.2, 0) is 5.41 Å². The summed E-state index contributed by atoms with van der Waals surface area (Å²) in [6.45, 7) is 4.78. The summed E-state index contributed by atoms with van der Waals surface area (Å²) in [5.41, 5.74) is 14.1. The Hall–Kier alpha value is -6.94. The molecule has 1 aliphatic rings. The molecule has 2 nitrogen and oxygen atoms in total. The Bertz CT molecular complexity index is 3140. The van der Waals surface area contributed by atoms with Crippen LogP contribution in [0.15, 0.2) is 206 Å². The molecule has 0 amide bonds. The molecule has 1 aromatic heterocycles. The van der Waals surface area contributed by atoms with E-state index in [1.54, 1.807) is 0 Å². The lowest BCUT2D eigenvalue weighted by molar-refractivity contribution is 0.632. The summed E-state index contributed by atoms with van der Waals surface area (Å²) in [7, 11) is 0. The van der Waals surface area contributed by atoms with Gasteiger partial charge in [0.25, 0.3) is 0 Å². The van der Waals surface area contributed by atoms with Crippen LogP contribution in [0, 0.1) is 0 Å².